The normalized spacial score (nSPS) is 9.63. The first-order valence-electron chi connectivity index (χ1n) is 5.25. The Morgan fingerprint density at radius 3 is 1.89 bits per heavy atom. The molecule has 19 heavy (non-hydrogen) atoms. The molecule has 0 aliphatic carbocycles. The van der Waals surface area contributed by atoms with Crippen molar-refractivity contribution < 1.29 is 19.7 Å². The zero-order valence-electron chi connectivity index (χ0n) is 10.1. The van der Waals surface area contributed by atoms with Crippen LogP contribution in [0.25, 0.3) is 0 Å². The summed E-state index contributed by atoms with van der Waals surface area (Å²) in [5.41, 5.74) is 0. The molecule has 0 aliphatic heterocycles. The summed E-state index contributed by atoms with van der Waals surface area (Å²) < 4.78 is 16.0. The quantitative estimate of drug-likeness (QED) is 0.432. The van der Waals surface area contributed by atoms with Crippen molar-refractivity contribution in [1.82, 2.24) is 0 Å². The predicted molar refractivity (Wildman–Crippen MR) is 72.0 cm³/mol. The number of halogens is 2. The van der Waals surface area contributed by atoms with Crippen molar-refractivity contribution in [3.8, 4) is 5.75 Å². The van der Waals surface area contributed by atoms with Gasteiger partial charge >= 0.3 is 130 Å². The number of benzene rings is 1. The number of ether oxygens (including phenoxy) is 1. The van der Waals surface area contributed by atoms with Crippen LogP contribution in [-0.2, 0) is 15.0 Å². The van der Waals surface area contributed by atoms with E-state index in [1.165, 1.54) is 7.11 Å². The van der Waals surface area contributed by atoms with Crippen LogP contribution in [0.5, 0.6) is 5.75 Å². The molecule has 0 heterocycles. The van der Waals surface area contributed by atoms with Gasteiger partial charge in [-0.05, 0) is 0 Å². The van der Waals surface area contributed by atoms with Gasteiger partial charge in [0.1, 0.15) is 0 Å². The van der Waals surface area contributed by atoms with Crippen molar-refractivity contribution in [2.45, 2.75) is 0 Å². The van der Waals surface area contributed by atoms with E-state index in [0.717, 1.165) is 0 Å². The molecule has 0 amide bonds. The van der Waals surface area contributed by atoms with Crippen LogP contribution >= 0.6 is 23.2 Å². The van der Waals surface area contributed by atoms with Crippen molar-refractivity contribution in [1.29, 1.82) is 0 Å². The maximum atomic E-state index is 11.2. The SMILES string of the molecule is COc1cc[c]([Tl]([O]C(=O)CCl)[O]C(=O)CCl)cc1. The molecule has 0 N–H and O–H groups in total. The van der Waals surface area contributed by atoms with Crippen molar-refractivity contribution in [3.63, 3.8) is 0 Å². The fraction of sp³-hybridized carbons (Fsp3) is 0.273. The fourth-order valence-electron chi connectivity index (χ4n) is 1.22. The molecule has 0 saturated heterocycles. The molecule has 0 bridgehead atoms. The predicted octanol–water partition coefficient (Wildman–Crippen LogP) is 0.954. The molecule has 0 aromatic heterocycles. The Kier molecular flexibility index (Phi) is 7.47. The second-order valence-corrected chi connectivity index (χ2v) is 10.9. The second-order valence-electron chi connectivity index (χ2n) is 3.35. The summed E-state index contributed by atoms with van der Waals surface area (Å²) in [7, 11) is 1.54. The van der Waals surface area contributed by atoms with Gasteiger partial charge in [0.25, 0.3) is 0 Å². The van der Waals surface area contributed by atoms with Crippen molar-refractivity contribution >= 4 is 61.9 Å². The molecule has 0 radical (unpaired) electrons. The van der Waals surface area contributed by atoms with E-state index in [2.05, 4.69) is 0 Å². The average Bonchev–Trinajstić information content (AvgIpc) is 2.46. The third kappa shape index (κ3) is 5.54. The van der Waals surface area contributed by atoms with Gasteiger partial charge in [-0.3, -0.25) is 0 Å². The molecule has 102 valence electrons. The first-order valence-corrected chi connectivity index (χ1v) is 12.2. The fourth-order valence-corrected chi connectivity index (χ4v) is 7.89. The third-order valence-electron chi connectivity index (χ3n) is 2.08. The van der Waals surface area contributed by atoms with Gasteiger partial charge in [0.2, 0.25) is 0 Å². The molecule has 0 atom stereocenters. The Hall–Kier alpha value is -0.538. The van der Waals surface area contributed by atoms with Gasteiger partial charge in [-0.25, -0.2) is 0 Å². The molecule has 0 saturated carbocycles. The van der Waals surface area contributed by atoms with E-state index in [1.807, 2.05) is 0 Å². The van der Waals surface area contributed by atoms with Crippen LogP contribution in [0.1, 0.15) is 0 Å². The van der Waals surface area contributed by atoms with E-state index in [9.17, 15) is 9.59 Å². The molecule has 0 spiro atoms. The molecule has 1 aromatic carbocycles. The van der Waals surface area contributed by atoms with E-state index in [1.54, 1.807) is 24.3 Å². The number of alkyl halides is 2. The average molecular weight is 498 g/mol. The zero-order chi connectivity index (χ0) is 14.3. The molecule has 1 rings (SSSR count). The molecule has 0 unspecified atom stereocenters. The minimum atomic E-state index is -3.61. The number of hydrogen-bond donors (Lipinski definition) is 0. The van der Waals surface area contributed by atoms with Gasteiger partial charge in [-0.2, -0.15) is 0 Å². The topological polar surface area (TPSA) is 61.8 Å². The summed E-state index contributed by atoms with van der Waals surface area (Å²) in [6.45, 7) is 0. The number of methoxy groups -OCH3 is 1. The van der Waals surface area contributed by atoms with Gasteiger partial charge in [0, 0.05) is 0 Å². The minimum absolute atomic E-state index is 0.287. The Morgan fingerprint density at radius 2 is 1.53 bits per heavy atom. The van der Waals surface area contributed by atoms with E-state index < -0.39 is 35.5 Å². The van der Waals surface area contributed by atoms with Gasteiger partial charge < -0.3 is 0 Å². The van der Waals surface area contributed by atoms with E-state index in [0.29, 0.717) is 8.87 Å². The van der Waals surface area contributed by atoms with Crippen LogP contribution in [-0.4, -0.2) is 54.4 Å². The number of carbonyl (C=O) groups is 2. The summed E-state index contributed by atoms with van der Waals surface area (Å²) in [6.07, 6.45) is 0. The molecule has 0 aliphatic rings. The monoisotopic (exact) mass is 498 g/mol. The Bertz CT molecular complexity index is 419. The van der Waals surface area contributed by atoms with Crippen LogP contribution in [0.2, 0.25) is 0 Å². The first-order chi connectivity index (χ1) is 9.10. The van der Waals surface area contributed by atoms with Crippen molar-refractivity contribution in [2.75, 3.05) is 18.9 Å². The summed E-state index contributed by atoms with van der Waals surface area (Å²) in [6, 6.07) is 6.80. The number of carbonyl (C=O) groups excluding carboxylic acids is 2. The maximum absolute atomic E-state index is 11.2. The molecular formula is C11H11Cl2O5Tl. The Balaban J connectivity index is 2.86. The standard InChI is InChI=1S/C7H7O.2C2H3ClO2.Tl/c1-8-7-5-3-2-4-6-7;2*3-1-2(4)5;/h3-6H,1H3;2*1H2,(H,4,5);/q;;;+2/p-2. The Morgan fingerprint density at radius 1 is 1.05 bits per heavy atom. The molecule has 0 fully saturated rings. The van der Waals surface area contributed by atoms with Gasteiger partial charge in [0.05, 0.1) is 0 Å². The molecule has 8 heteroatoms. The molecule has 5 nitrogen and oxygen atoms in total. The summed E-state index contributed by atoms with van der Waals surface area (Å²) in [4.78, 5) is 22.5. The van der Waals surface area contributed by atoms with E-state index in [4.69, 9.17) is 33.3 Å². The van der Waals surface area contributed by atoms with Crippen LogP contribution in [0.15, 0.2) is 24.3 Å². The van der Waals surface area contributed by atoms with Crippen LogP contribution in [0.3, 0.4) is 0 Å². The van der Waals surface area contributed by atoms with Gasteiger partial charge in [-0.1, -0.05) is 0 Å². The van der Waals surface area contributed by atoms with Gasteiger partial charge in [-0.15, -0.1) is 0 Å². The van der Waals surface area contributed by atoms with E-state index in [-0.39, 0.29) is 11.8 Å². The van der Waals surface area contributed by atoms with Crippen LogP contribution in [0.4, 0.5) is 0 Å². The summed E-state index contributed by atoms with van der Waals surface area (Å²) in [5, 5.41) is 0. The Labute approximate surface area is 130 Å². The van der Waals surface area contributed by atoms with Crippen molar-refractivity contribution in [2.24, 2.45) is 0 Å². The third-order valence-corrected chi connectivity index (χ3v) is 9.84. The molecule has 1 aromatic rings. The molecular weight excluding hydrogens is 487 g/mol. The van der Waals surface area contributed by atoms with Crippen molar-refractivity contribution in [3.05, 3.63) is 24.3 Å². The summed E-state index contributed by atoms with van der Waals surface area (Å²) in [5.74, 6) is -1.13. The number of rotatable bonds is 6. The first kappa shape index (κ1) is 16.5. The summed E-state index contributed by atoms with van der Waals surface area (Å²) >= 11 is 7.14. The zero-order valence-corrected chi connectivity index (χ0v) is 16.1. The van der Waals surface area contributed by atoms with Crippen LogP contribution in [0, 0.1) is 0 Å². The van der Waals surface area contributed by atoms with Crippen LogP contribution < -0.4 is 7.86 Å². The number of hydrogen-bond acceptors (Lipinski definition) is 5. The van der Waals surface area contributed by atoms with E-state index >= 15 is 0 Å². The second kappa shape index (κ2) is 8.60. The van der Waals surface area contributed by atoms with Gasteiger partial charge in [0.15, 0.2) is 0 Å².